The summed E-state index contributed by atoms with van der Waals surface area (Å²) in [5, 5.41) is 10.4. The molecule has 2 aromatic heterocycles. The predicted molar refractivity (Wildman–Crippen MR) is 103 cm³/mol. The number of carbonyl (C=O) groups excluding carboxylic acids is 1. The molecule has 2 aromatic rings. The number of aromatic nitrogens is 3. The van der Waals surface area contributed by atoms with E-state index in [2.05, 4.69) is 25.8 Å². The first-order valence-electron chi connectivity index (χ1n) is 8.40. The van der Waals surface area contributed by atoms with Crippen molar-refractivity contribution in [2.45, 2.75) is 32.7 Å². The van der Waals surface area contributed by atoms with E-state index >= 15 is 0 Å². The average Bonchev–Trinajstić information content (AvgIpc) is 3.10. The van der Waals surface area contributed by atoms with Crippen LogP contribution < -0.4 is 10.6 Å². The van der Waals surface area contributed by atoms with E-state index < -0.39 is 0 Å². The third-order valence-electron chi connectivity index (χ3n) is 4.26. The highest BCUT2D eigenvalue weighted by molar-refractivity contribution is 5.85. The molecule has 0 aromatic carbocycles. The second kappa shape index (κ2) is 10.4. The maximum atomic E-state index is 12.5. The summed E-state index contributed by atoms with van der Waals surface area (Å²) in [6.45, 7) is 5.76. The van der Waals surface area contributed by atoms with Gasteiger partial charge in [-0.15, -0.1) is 24.8 Å². The number of carbonyl (C=O) groups is 1. The molecule has 3 rings (SSSR count). The number of pyridine rings is 1. The molecule has 2 atom stereocenters. The summed E-state index contributed by atoms with van der Waals surface area (Å²) in [4.78, 5) is 21.0. The van der Waals surface area contributed by atoms with Gasteiger partial charge in [-0.25, -0.2) is 0 Å². The van der Waals surface area contributed by atoms with Crippen LogP contribution >= 0.6 is 24.8 Å². The molecule has 144 valence electrons. The van der Waals surface area contributed by atoms with Crippen molar-refractivity contribution in [2.24, 2.45) is 11.8 Å². The number of amides is 1. The number of rotatable bonds is 5. The van der Waals surface area contributed by atoms with E-state index in [-0.39, 0.29) is 48.6 Å². The van der Waals surface area contributed by atoms with Crippen molar-refractivity contribution in [2.75, 3.05) is 13.1 Å². The number of nitrogens with one attached hydrogen (secondary N) is 2. The van der Waals surface area contributed by atoms with Crippen molar-refractivity contribution in [1.29, 1.82) is 0 Å². The van der Waals surface area contributed by atoms with Crippen molar-refractivity contribution in [3.8, 4) is 11.4 Å². The third kappa shape index (κ3) is 5.40. The van der Waals surface area contributed by atoms with Crippen LogP contribution in [0.1, 0.15) is 38.6 Å². The van der Waals surface area contributed by atoms with Crippen LogP contribution in [-0.4, -0.2) is 34.1 Å². The van der Waals surface area contributed by atoms with Crippen molar-refractivity contribution in [1.82, 2.24) is 25.8 Å². The Labute approximate surface area is 165 Å². The minimum atomic E-state index is -0.294. The largest absolute Gasteiger partial charge is 0.344 e. The molecular formula is C17H25Cl2N5O2. The molecule has 1 aliphatic heterocycles. The number of nitrogens with zero attached hydrogens (tertiary/aromatic N) is 3. The fraction of sp³-hybridized carbons (Fsp3) is 0.529. The zero-order valence-electron chi connectivity index (χ0n) is 14.8. The van der Waals surface area contributed by atoms with Gasteiger partial charge < -0.3 is 15.2 Å². The van der Waals surface area contributed by atoms with Crippen LogP contribution in [0.3, 0.4) is 0 Å². The van der Waals surface area contributed by atoms with E-state index in [1.807, 2.05) is 26.0 Å². The predicted octanol–water partition coefficient (Wildman–Crippen LogP) is 2.79. The standard InChI is InChI=1S/C17H23N5O2.2ClH/c1-11(2)14(20-16(23)13-6-4-8-19-10-13)17-21-15(22-24-17)12-5-3-7-18-9-12;;/h3,5,7,9,11,13-14,19H,4,6,8,10H2,1-2H3,(H,20,23);2*1H. The zero-order chi connectivity index (χ0) is 16.9. The van der Waals surface area contributed by atoms with Gasteiger partial charge in [0.1, 0.15) is 6.04 Å². The van der Waals surface area contributed by atoms with E-state index in [0.717, 1.165) is 31.5 Å². The lowest BCUT2D eigenvalue weighted by atomic mass is 9.97. The molecule has 0 radical (unpaired) electrons. The van der Waals surface area contributed by atoms with Crippen LogP contribution in [0, 0.1) is 11.8 Å². The highest BCUT2D eigenvalue weighted by Gasteiger charge is 2.28. The highest BCUT2D eigenvalue weighted by Crippen LogP contribution is 2.24. The van der Waals surface area contributed by atoms with Gasteiger partial charge in [-0.1, -0.05) is 19.0 Å². The lowest BCUT2D eigenvalue weighted by Gasteiger charge is -2.25. The Morgan fingerprint density at radius 2 is 2.19 bits per heavy atom. The van der Waals surface area contributed by atoms with Gasteiger partial charge in [-0.3, -0.25) is 9.78 Å². The first kappa shape index (κ1) is 22.3. The fourth-order valence-corrected chi connectivity index (χ4v) is 2.83. The van der Waals surface area contributed by atoms with E-state index in [1.54, 1.807) is 12.4 Å². The van der Waals surface area contributed by atoms with Crippen LogP contribution in [-0.2, 0) is 4.79 Å². The molecule has 1 aliphatic rings. The molecular weight excluding hydrogens is 377 g/mol. The normalized spacial score (nSPS) is 17.7. The molecule has 0 spiro atoms. The molecule has 1 fully saturated rings. The van der Waals surface area contributed by atoms with Crippen LogP contribution in [0.25, 0.3) is 11.4 Å². The minimum absolute atomic E-state index is 0. The second-order valence-electron chi connectivity index (χ2n) is 6.47. The Morgan fingerprint density at radius 1 is 1.38 bits per heavy atom. The molecule has 3 heterocycles. The maximum absolute atomic E-state index is 12.5. The molecule has 2 N–H and O–H groups in total. The van der Waals surface area contributed by atoms with Crippen LogP contribution in [0.2, 0.25) is 0 Å². The molecule has 2 unspecified atom stereocenters. The third-order valence-corrected chi connectivity index (χ3v) is 4.26. The van der Waals surface area contributed by atoms with Crippen molar-refractivity contribution < 1.29 is 9.32 Å². The van der Waals surface area contributed by atoms with Crippen molar-refractivity contribution >= 4 is 30.7 Å². The Hall–Kier alpha value is -1.70. The number of piperidine rings is 1. The summed E-state index contributed by atoms with van der Waals surface area (Å²) in [6.07, 6.45) is 5.32. The van der Waals surface area contributed by atoms with Crippen LogP contribution in [0.15, 0.2) is 29.0 Å². The average molecular weight is 402 g/mol. The van der Waals surface area contributed by atoms with Gasteiger partial charge in [0.25, 0.3) is 0 Å². The van der Waals surface area contributed by atoms with E-state index in [0.29, 0.717) is 11.7 Å². The maximum Gasteiger partial charge on any atom is 0.249 e. The lowest BCUT2D eigenvalue weighted by Crippen LogP contribution is -2.42. The monoisotopic (exact) mass is 401 g/mol. The van der Waals surface area contributed by atoms with Crippen molar-refractivity contribution in [3.05, 3.63) is 30.4 Å². The molecule has 0 bridgehead atoms. The minimum Gasteiger partial charge on any atom is -0.344 e. The summed E-state index contributed by atoms with van der Waals surface area (Å²) < 4.78 is 5.41. The Balaban J connectivity index is 0.00000169. The Kier molecular flexibility index (Phi) is 8.98. The lowest BCUT2D eigenvalue weighted by molar-refractivity contribution is -0.126. The quantitative estimate of drug-likeness (QED) is 0.799. The van der Waals surface area contributed by atoms with Gasteiger partial charge >= 0.3 is 0 Å². The van der Waals surface area contributed by atoms with Gasteiger partial charge in [0, 0.05) is 24.5 Å². The molecule has 1 amide bonds. The van der Waals surface area contributed by atoms with Crippen LogP contribution in [0.5, 0.6) is 0 Å². The SMILES string of the molecule is CC(C)C(NC(=O)C1CCCNC1)c1nc(-c2cccnc2)no1.Cl.Cl. The summed E-state index contributed by atoms with van der Waals surface area (Å²) in [6, 6.07) is 3.40. The Bertz CT molecular complexity index is 675. The number of halogens is 2. The van der Waals surface area contributed by atoms with E-state index in [9.17, 15) is 4.79 Å². The summed E-state index contributed by atoms with van der Waals surface area (Å²) in [5.74, 6) is 1.11. The molecule has 7 nitrogen and oxygen atoms in total. The number of hydrogen-bond acceptors (Lipinski definition) is 6. The van der Waals surface area contributed by atoms with E-state index in [1.165, 1.54) is 0 Å². The van der Waals surface area contributed by atoms with Gasteiger partial charge in [-0.05, 0) is 37.4 Å². The first-order valence-corrected chi connectivity index (χ1v) is 8.40. The molecule has 0 saturated carbocycles. The molecule has 1 saturated heterocycles. The second-order valence-corrected chi connectivity index (χ2v) is 6.47. The smallest absolute Gasteiger partial charge is 0.249 e. The van der Waals surface area contributed by atoms with Gasteiger partial charge in [0.15, 0.2) is 0 Å². The topological polar surface area (TPSA) is 92.9 Å². The highest BCUT2D eigenvalue weighted by atomic mass is 35.5. The van der Waals surface area contributed by atoms with Gasteiger partial charge in [0.2, 0.25) is 17.6 Å². The molecule has 26 heavy (non-hydrogen) atoms. The molecule has 9 heteroatoms. The van der Waals surface area contributed by atoms with Crippen molar-refractivity contribution in [3.63, 3.8) is 0 Å². The zero-order valence-corrected chi connectivity index (χ0v) is 16.5. The summed E-state index contributed by atoms with van der Waals surface area (Å²) >= 11 is 0. The van der Waals surface area contributed by atoms with Gasteiger partial charge in [-0.2, -0.15) is 4.98 Å². The fourth-order valence-electron chi connectivity index (χ4n) is 2.83. The van der Waals surface area contributed by atoms with Gasteiger partial charge in [0.05, 0.1) is 5.92 Å². The summed E-state index contributed by atoms with van der Waals surface area (Å²) in [7, 11) is 0. The summed E-state index contributed by atoms with van der Waals surface area (Å²) in [5.41, 5.74) is 0.790. The van der Waals surface area contributed by atoms with Crippen LogP contribution in [0.4, 0.5) is 0 Å². The first-order chi connectivity index (χ1) is 11.6. The molecule has 0 aliphatic carbocycles. The number of hydrogen-bond donors (Lipinski definition) is 2. The van der Waals surface area contributed by atoms with E-state index in [4.69, 9.17) is 4.52 Å². The Morgan fingerprint density at radius 3 is 2.81 bits per heavy atom.